The number of benzene rings is 1. The van der Waals surface area contributed by atoms with Gasteiger partial charge in [-0.05, 0) is 51.0 Å². The fourth-order valence-electron chi connectivity index (χ4n) is 1.52. The number of aryl methyl sites for hydroxylation is 1. The van der Waals surface area contributed by atoms with E-state index in [0.717, 1.165) is 11.1 Å². The Morgan fingerprint density at radius 2 is 1.84 bits per heavy atom. The molecule has 4 nitrogen and oxygen atoms in total. The molecule has 0 radical (unpaired) electrons. The van der Waals surface area contributed by atoms with Gasteiger partial charge in [-0.2, -0.15) is 0 Å². The number of amides is 1. The van der Waals surface area contributed by atoms with Crippen molar-refractivity contribution in [3.05, 3.63) is 35.4 Å². The Bertz CT molecular complexity index is 466. The summed E-state index contributed by atoms with van der Waals surface area (Å²) < 4.78 is 0. The van der Waals surface area contributed by atoms with Gasteiger partial charge < -0.3 is 5.32 Å². The molecule has 3 N–H and O–H groups in total. The molecular weight excluding hydrogens is 258 g/mol. The predicted octanol–water partition coefficient (Wildman–Crippen LogP) is 1.83. The lowest BCUT2D eigenvalue weighted by molar-refractivity contribution is -0.121. The van der Waals surface area contributed by atoms with Crippen LogP contribution in [0.5, 0.6) is 0 Å². The maximum absolute atomic E-state index is 11.8. The van der Waals surface area contributed by atoms with E-state index in [0.29, 0.717) is 11.5 Å². The molecule has 1 rings (SSSR count). The van der Waals surface area contributed by atoms with Gasteiger partial charge in [0.15, 0.2) is 5.11 Å². The van der Waals surface area contributed by atoms with Crippen molar-refractivity contribution < 1.29 is 4.79 Å². The molecule has 0 bridgehead atoms. The Hall–Kier alpha value is -1.62. The van der Waals surface area contributed by atoms with E-state index in [1.165, 1.54) is 0 Å². The minimum atomic E-state index is -0.134. The van der Waals surface area contributed by atoms with Crippen LogP contribution in [0.2, 0.25) is 0 Å². The van der Waals surface area contributed by atoms with Crippen molar-refractivity contribution in [3.8, 4) is 0 Å². The largest absolute Gasteiger partial charge is 0.357 e. The molecule has 0 spiro atoms. The van der Waals surface area contributed by atoms with Gasteiger partial charge in [0.25, 0.3) is 0 Å². The number of hydrogen-bond donors (Lipinski definition) is 3. The monoisotopic (exact) mass is 279 g/mol. The Balaban J connectivity index is 2.41. The first-order valence-electron chi connectivity index (χ1n) is 6.19. The van der Waals surface area contributed by atoms with Gasteiger partial charge in [0.05, 0.1) is 6.42 Å². The third-order valence-corrected chi connectivity index (χ3v) is 2.62. The molecule has 0 fully saturated rings. The van der Waals surface area contributed by atoms with E-state index in [9.17, 15) is 4.79 Å². The Kier molecular flexibility index (Phi) is 5.30. The van der Waals surface area contributed by atoms with Crippen LogP contribution >= 0.6 is 12.2 Å². The normalized spacial score (nSPS) is 10.7. The van der Waals surface area contributed by atoms with Crippen molar-refractivity contribution in [2.24, 2.45) is 0 Å². The minimum absolute atomic E-state index is 0.118. The number of carbonyl (C=O) groups excluding carboxylic acids is 1. The van der Waals surface area contributed by atoms with Crippen LogP contribution < -0.4 is 16.2 Å². The summed E-state index contributed by atoms with van der Waals surface area (Å²) in [6, 6.07) is 7.81. The second kappa shape index (κ2) is 6.52. The van der Waals surface area contributed by atoms with E-state index < -0.39 is 0 Å². The molecule has 0 aliphatic rings. The topological polar surface area (TPSA) is 53.2 Å². The van der Waals surface area contributed by atoms with Crippen molar-refractivity contribution in [1.82, 2.24) is 16.2 Å². The van der Waals surface area contributed by atoms with Gasteiger partial charge in [0.1, 0.15) is 0 Å². The zero-order valence-corrected chi connectivity index (χ0v) is 12.6. The lowest BCUT2D eigenvalue weighted by atomic mass is 10.1. The Morgan fingerprint density at radius 3 is 2.42 bits per heavy atom. The second-order valence-electron chi connectivity index (χ2n) is 5.48. The van der Waals surface area contributed by atoms with E-state index in [4.69, 9.17) is 12.2 Å². The SMILES string of the molecule is Cc1ccccc1CC(=O)NNC(=S)NC(C)(C)C. The molecule has 1 aromatic rings. The summed E-state index contributed by atoms with van der Waals surface area (Å²) in [5.41, 5.74) is 7.27. The van der Waals surface area contributed by atoms with Crippen LogP contribution in [-0.2, 0) is 11.2 Å². The molecule has 0 atom stereocenters. The van der Waals surface area contributed by atoms with Crippen molar-refractivity contribution in [1.29, 1.82) is 0 Å². The smallest absolute Gasteiger partial charge is 0.242 e. The lowest BCUT2D eigenvalue weighted by Crippen LogP contribution is -2.52. The average Bonchev–Trinajstić information content (AvgIpc) is 2.27. The molecule has 104 valence electrons. The van der Waals surface area contributed by atoms with Gasteiger partial charge in [-0.25, -0.2) is 0 Å². The van der Waals surface area contributed by atoms with E-state index in [1.54, 1.807) is 0 Å². The first-order valence-corrected chi connectivity index (χ1v) is 6.60. The first-order chi connectivity index (χ1) is 8.78. The fraction of sp³-hybridized carbons (Fsp3) is 0.429. The molecule has 0 saturated carbocycles. The highest BCUT2D eigenvalue weighted by Gasteiger charge is 2.11. The van der Waals surface area contributed by atoms with Crippen molar-refractivity contribution >= 4 is 23.2 Å². The van der Waals surface area contributed by atoms with E-state index in [-0.39, 0.29) is 11.4 Å². The quantitative estimate of drug-likeness (QED) is 0.571. The highest BCUT2D eigenvalue weighted by molar-refractivity contribution is 7.80. The molecular formula is C14H21N3OS. The molecule has 19 heavy (non-hydrogen) atoms. The number of hydrogen-bond acceptors (Lipinski definition) is 2. The van der Waals surface area contributed by atoms with Crippen molar-refractivity contribution in [2.45, 2.75) is 39.7 Å². The third kappa shape index (κ3) is 6.20. The van der Waals surface area contributed by atoms with Gasteiger partial charge in [0, 0.05) is 5.54 Å². The van der Waals surface area contributed by atoms with Crippen LogP contribution in [0.4, 0.5) is 0 Å². The Labute approximate surface area is 119 Å². The number of carbonyl (C=O) groups is 1. The molecule has 5 heteroatoms. The standard InChI is InChI=1S/C14H21N3OS/c1-10-7-5-6-8-11(10)9-12(18)16-17-13(19)15-14(2,3)4/h5-8H,9H2,1-4H3,(H,16,18)(H2,15,17,19). The summed E-state index contributed by atoms with van der Waals surface area (Å²) in [7, 11) is 0. The summed E-state index contributed by atoms with van der Waals surface area (Å²) in [6.45, 7) is 7.98. The molecule has 0 aromatic heterocycles. The summed E-state index contributed by atoms with van der Waals surface area (Å²) >= 11 is 5.07. The van der Waals surface area contributed by atoms with Crippen LogP contribution in [0, 0.1) is 6.92 Å². The van der Waals surface area contributed by atoms with Crippen molar-refractivity contribution in [2.75, 3.05) is 0 Å². The lowest BCUT2D eigenvalue weighted by Gasteiger charge is -2.23. The second-order valence-corrected chi connectivity index (χ2v) is 5.89. The van der Waals surface area contributed by atoms with Gasteiger partial charge in [-0.15, -0.1) is 0 Å². The molecule has 0 aliphatic heterocycles. The van der Waals surface area contributed by atoms with Crippen LogP contribution in [0.15, 0.2) is 24.3 Å². The maximum atomic E-state index is 11.8. The summed E-state index contributed by atoms with van der Waals surface area (Å²) in [4.78, 5) is 11.8. The Morgan fingerprint density at radius 1 is 1.21 bits per heavy atom. The number of rotatable bonds is 2. The number of thiocarbonyl (C=S) groups is 1. The van der Waals surface area contributed by atoms with E-state index in [1.807, 2.05) is 52.0 Å². The van der Waals surface area contributed by atoms with Crippen LogP contribution in [0.3, 0.4) is 0 Å². The number of hydrazine groups is 1. The van der Waals surface area contributed by atoms with Gasteiger partial charge in [0.2, 0.25) is 5.91 Å². The summed E-state index contributed by atoms with van der Waals surface area (Å²) in [5.74, 6) is -0.118. The van der Waals surface area contributed by atoms with Gasteiger partial charge >= 0.3 is 0 Å². The fourth-order valence-corrected chi connectivity index (χ4v) is 1.88. The maximum Gasteiger partial charge on any atom is 0.242 e. The van der Waals surface area contributed by atoms with Crippen molar-refractivity contribution in [3.63, 3.8) is 0 Å². The van der Waals surface area contributed by atoms with E-state index in [2.05, 4.69) is 16.2 Å². The van der Waals surface area contributed by atoms with Gasteiger partial charge in [-0.3, -0.25) is 15.6 Å². The zero-order chi connectivity index (χ0) is 14.5. The molecule has 1 amide bonds. The summed E-state index contributed by atoms with van der Waals surface area (Å²) in [6.07, 6.45) is 0.331. The first kappa shape index (κ1) is 15.4. The van der Waals surface area contributed by atoms with Gasteiger partial charge in [-0.1, -0.05) is 24.3 Å². The molecule has 0 saturated heterocycles. The average molecular weight is 279 g/mol. The van der Waals surface area contributed by atoms with Crippen LogP contribution in [0.1, 0.15) is 31.9 Å². The molecule has 0 aliphatic carbocycles. The summed E-state index contributed by atoms with van der Waals surface area (Å²) in [5, 5.41) is 3.46. The number of nitrogens with one attached hydrogen (secondary N) is 3. The minimum Gasteiger partial charge on any atom is -0.357 e. The van der Waals surface area contributed by atoms with E-state index >= 15 is 0 Å². The highest BCUT2D eigenvalue weighted by Crippen LogP contribution is 2.07. The third-order valence-electron chi connectivity index (χ3n) is 2.42. The van der Waals surface area contributed by atoms with Crippen LogP contribution in [0.25, 0.3) is 0 Å². The predicted molar refractivity (Wildman–Crippen MR) is 81.6 cm³/mol. The zero-order valence-electron chi connectivity index (χ0n) is 11.8. The molecule has 1 aromatic carbocycles. The highest BCUT2D eigenvalue weighted by atomic mass is 32.1. The molecule has 0 heterocycles. The molecule has 0 unspecified atom stereocenters. The van der Waals surface area contributed by atoms with Crippen LogP contribution in [-0.4, -0.2) is 16.6 Å².